The van der Waals surface area contributed by atoms with E-state index in [4.69, 9.17) is 17.3 Å². The fraction of sp³-hybridized carbons (Fsp3) is 0.235. The number of amides is 1. The van der Waals surface area contributed by atoms with E-state index in [9.17, 15) is 4.79 Å². The number of nitrogens with two attached hydrogens (primary N) is 1. The highest BCUT2D eigenvalue weighted by Gasteiger charge is 2.22. The van der Waals surface area contributed by atoms with E-state index in [1.54, 1.807) is 6.07 Å². The van der Waals surface area contributed by atoms with E-state index in [0.717, 1.165) is 24.1 Å². The molecule has 3 rings (SSSR count). The van der Waals surface area contributed by atoms with Crippen molar-refractivity contribution in [1.82, 2.24) is 0 Å². The lowest BCUT2D eigenvalue weighted by molar-refractivity contribution is -0.118. The summed E-state index contributed by atoms with van der Waals surface area (Å²) in [7, 11) is 0. The van der Waals surface area contributed by atoms with E-state index in [2.05, 4.69) is 6.07 Å². The third-order valence-electron chi connectivity index (χ3n) is 3.83. The molecule has 0 aliphatic carbocycles. The van der Waals surface area contributed by atoms with E-state index in [1.807, 2.05) is 35.2 Å². The van der Waals surface area contributed by atoms with E-state index in [0.29, 0.717) is 23.7 Å². The summed E-state index contributed by atoms with van der Waals surface area (Å²) < 4.78 is 0. The van der Waals surface area contributed by atoms with Gasteiger partial charge in [0.25, 0.3) is 0 Å². The lowest BCUT2D eigenvalue weighted by atomic mass is 10.1. The van der Waals surface area contributed by atoms with Crippen molar-refractivity contribution in [2.75, 3.05) is 10.6 Å². The summed E-state index contributed by atoms with van der Waals surface area (Å²) >= 11 is 6.25. The molecule has 3 nitrogen and oxygen atoms in total. The molecule has 2 aromatic rings. The van der Waals surface area contributed by atoms with Crippen LogP contribution in [0.2, 0.25) is 5.02 Å². The highest BCUT2D eigenvalue weighted by molar-refractivity contribution is 6.31. The fourth-order valence-corrected chi connectivity index (χ4v) is 2.97. The zero-order valence-electron chi connectivity index (χ0n) is 11.7. The second-order valence-electron chi connectivity index (χ2n) is 5.31. The Kier molecular flexibility index (Phi) is 3.84. The summed E-state index contributed by atoms with van der Waals surface area (Å²) in [6, 6.07) is 13.5. The van der Waals surface area contributed by atoms with Crippen molar-refractivity contribution in [3.63, 3.8) is 0 Å². The zero-order chi connectivity index (χ0) is 14.8. The number of carbonyl (C=O) groups is 1. The van der Waals surface area contributed by atoms with E-state index >= 15 is 0 Å². The van der Waals surface area contributed by atoms with Crippen LogP contribution < -0.4 is 10.6 Å². The molecule has 2 N–H and O–H groups in total. The quantitative estimate of drug-likeness (QED) is 0.858. The van der Waals surface area contributed by atoms with Gasteiger partial charge in [-0.3, -0.25) is 4.79 Å². The molecule has 0 fully saturated rings. The summed E-state index contributed by atoms with van der Waals surface area (Å²) in [4.78, 5) is 14.3. The van der Waals surface area contributed by atoms with Gasteiger partial charge in [0.15, 0.2) is 0 Å². The van der Waals surface area contributed by atoms with Crippen molar-refractivity contribution >= 4 is 28.9 Å². The molecule has 0 radical (unpaired) electrons. The number of aryl methyl sites for hydroxylation is 1. The number of rotatable bonds is 2. The molecular formula is C17H17ClN2O. The highest BCUT2D eigenvalue weighted by atomic mass is 35.5. The summed E-state index contributed by atoms with van der Waals surface area (Å²) in [5.74, 6) is 0.146. The molecule has 0 aromatic heterocycles. The highest BCUT2D eigenvalue weighted by Crippen LogP contribution is 2.30. The third-order valence-corrected chi connectivity index (χ3v) is 4.18. The number of carbonyl (C=O) groups excluding carboxylic acids is 1. The lowest BCUT2D eigenvalue weighted by Gasteiger charge is -2.23. The Bertz CT molecular complexity index is 684. The second kappa shape index (κ2) is 5.78. The maximum atomic E-state index is 12.4. The van der Waals surface area contributed by atoms with Gasteiger partial charge >= 0.3 is 0 Å². The van der Waals surface area contributed by atoms with Crippen LogP contribution in [0.1, 0.15) is 24.0 Å². The first-order valence-electron chi connectivity index (χ1n) is 7.07. The minimum absolute atomic E-state index is 0.146. The molecule has 0 spiro atoms. The third kappa shape index (κ3) is 2.88. The van der Waals surface area contributed by atoms with Crippen LogP contribution in [0.15, 0.2) is 42.5 Å². The molecule has 0 atom stereocenters. The van der Waals surface area contributed by atoms with Gasteiger partial charge in [0.1, 0.15) is 0 Å². The summed E-state index contributed by atoms with van der Waals surface area (Å²) in [5, 5.41) is 0.601. The van der Waals surface area contributed by atoms with Gasteiger partial charge < -0.3 is 10.6 Å². The first-order valence-corrected chi connectivity index (χ1v) is 7.45. The van der Waals surface area contributed by atoms with Gasteiger partial charge in [-0.2, -0.15) is 0 Å². The number of hydrogen-bond acceptors (Lipinski definition) is 2. The average Bonchev–Trinajstić information content (AvgIpc) is 2.62. The maximum Gasteiger partial charge on any atom is 0.227 e. The Hall–Kier alpha value is -2.00. The predicted molar refractivity (Wildman–Crippen MR) is 86.4 cm³/mol. The van der Waals surface area contributed by atoms with Crippen LogP contribution >= 0.6 is 11.6 Å². The van der Waals surface area contributed by atoms with Gasteiger partial charge in [-0.25, -0.2) is 0 Å². The van der Waals surface area contributed by atoms with Gasteiger partial charge in [0.2, 0.25) is 5.91 Å². The average molecular weight is 301 g/mol. The topological polar surface area (TPSA) is 46.3 Å². The Labute approximate surface area is 129 Å². The number of halogens is 1. The molecule has 0 bridgehead atoms. The monoisotopic (exact) mass is 300 g/mol. The molecule has 1 aliphatic heterocycles. The Morgan fingerprint density at radius 1 is 1.14 bits per heavy atom. The van der Waals surface area contributed by atoms with Crippen LogP contribution in [-0.4, -0.2) is 5.91 Å². The minimum atomic E-state index is 0.146. The predicted octanol–water partition coefficient (Wildman–Crippen LogP) is 3.79. The molecular weight excluding hydrogens is 284 g/mol. The van der Waals surface area contributed by atoms with Crippen LogP contribution in [-0.2, 0) is 17.8 Å². The van der Waals surface area contributed by atoms with E-state index < -0.39 is 0 Å². The Balaban J connectivity index is 1.98. The van der Waals surface area contributed by atoms with Crippen molar-refractivity contribution in [2.45, 2.75) is 25.8 Å². The zero-order valence-corrected chi connectivity index (χ0v) is 12.4. The van der Waals surface area contributed by atoms with Crippen LogP contribution in [0, 0.1) is 0 Å². The van der Waals surface area contributed by atoms with Crippen molar-refractivity contribution in [3.8, 4) is 0 Å². The normalized spacial score (nSPS) is 14.7. The Morgan fingerprint density at radius 2 is 1.95 bits per heavy atom. The molecule has 0 unspecified atom stereocenters. The standard InChI is InChI=1S/C17H17ClN2O/c18-15-10-14(19)9-8-13(15)11-20-16-6-2-1-4-12(16)5-3-7-17(20)21/h1-2,4,6,8-10H,3,5,7,11,19H2. The smallest absolute Gasteiger partial charge is 0.227 e. The van der Waals surface area contributed by atoms with Crippen LogP contribution in [0.5, 0.6) is 0 Å². The van der Waals surface area contributed by atoms with Crippen LogP contribution in [0.4, 0.5) is 11.4 Å². The number of fused-ring (bicyclic) bond motifs is 1. The number of nitrogens with zero attached hydrogens (tertiary/aromatic N) is 1. The molecule has 108 valence electrons. The first kappa shape index (κ1) is 14.0. The maximum absolute atomic E-state index is 12.4. The van der Waals surface area contributed by atoms with Crippen molar-refractivity contribution in [1.29, 1.82) is 0 Å². The largest absolute Gasteiger partial charge is 0.399 e. The van der Waals surface area contributed by atoms with Gasteiger partial charge in [0, 0.05) is 22.8 Å². The summed E-state index contributed by atoms with van der Waals surface area (Å²) in [6.07, 6.45) is 2.40. The van der Waals surface area contributed by atoms with Crippen LogP contribution in [0.25, 0.3) is 0 Å². The van der Waals surface area contributed by atoms with E-state index in [1.165, 1.54) is 5.56 Å². The fourth-order valence-electron chi connectivity index (χ4n) is 2.72. The molecule has 0 saturated heterocycles. The van der Waals surface area contributed by atoms with Crippen molar-refractivity contribution in [3.05, 3.63) is 58.6 Å². The molecule has 0 saturated carbocycles. The van der Waals surface area contributed by atoms with Gasteiger partial charge in [-0.1, -0.05) is 35.9 Å². The number of para-hydroxylation sites is 1. The first-order chi connectivity index (χ1) is 10.1. The summed E-state index contributed by atoms with van der Waals surface area (Å²) in [5.41, 5.74) is 9.48. The van der Waals surface area contributed by atoms with Gasteiger partial charge in [-0.15, -0.1) is 0 Å². The molecule has 2 aromatic carbocycles. The minimum Gasteiger partial charge on any atom is -0.399 e. The van der Waals surface area contributed by atoms with Gasteiger partial charge in [-0.05, 0) is 42.2 Å². The second-order valence-corrected chi connectivity index (χ2v) is 5.72. The van der Waals surface area contributed by atoms with E-state index in [-0.39, 0.29) is 5.91 Å². The number of hydrogen-bond donors (Lipinski definition) is 1. The number of anilines is 2. The molecule has 1 amide bonds. The molecule has 4 heteroatoms. The van der Waals surface area contributed by atoms with Crippen molar-refractivity contribution < 1.29 is 4.79 Å². The number of nitrogen functional groups attached to an aromatic ring is 1. The van der Waals surface area contributed by atoms with Gasteiger partial charge in [0.05, 0.1) is 6.54 Å². The Morgan fingerprint density at radius 3 is 2.76 bits per heavy atom. The van der Waals surface area contributed by atoms with Crippen LogP contribution in [0.3, 0.4) is 0 Å². The van der Waals surface area contributed by atoms with Crippen molar-refractivity contribution in [2.24, 2.45) is 0 Å². The molecule has 1 aliphatic rings. The lowest BCUT2D eigenvalue weighted by Crippen LogP contribution is -2.29. The molecule has 1 heterocycles. The number of benzene rings is 2. The summed E-state index contributed by atoms with van der Waals surface area (Å²) in [6.45, 7) is 0.481. The SMILES string of the molecule is Nc1ccc(CN2C(=O)CCCc3ccccc32)c(Cl)c1. The molecule has 21 heavy (non-hydrogen) atoms.